The summed E-state index contributed by atoms with van der Waals surface area (Å²) in [5.74, 6) is -0.774. The average molecular weight is 291 g/mol. The van der Waals surface area contributed by atoms with E-state index < -0.39 is 11.8 Å². The third kappa shape index (κ3) is 2.91. The van der Waals surface area contributed by atoms with Crippen molar-refractivity contribution in [3.8, 4) is 11.5 Å². The Morgan fingerprint density at radius 2 is 2.14 bits per heavy atom. The Bertz CT molecular complexity index is 717. The quantitative estimate of drug-likeness (QED) is 0.649. The van der Waals surface area contributed by atoms with Crippen LogP contribution < -0.4 is 16.0 Å². The minimum Gasteiger partial charge on any atom is -0.504 e. The molecule has 0 spiro atoms. The van der Waals surface area contributed by atoms with Crippen molar-refractivity contribution in [2.45, 2.75) is 19.3 Å². The van der Waals surface area contributed by atoms with Gasteiger partial charge in [-0.1, -0.05) is 6.07 Å². The number of nitrogens with one attached hydrogen (secondary N) is 2. The number of hydrogen-bond donors (Lipinski definition) is 4. The van der Waals surface area contributed by atoms with E-state index >= 15 is 0 Å². The molecule has 1 atom stereocenters. The number of H-pyrrole nitrogens is 2. The maximum atomic E-state index is 11.9. The van der Waals surface area contributed by atoms with Gasteiger partial charge in [0.05, 0.1) is 7.11 Å². The summed E-state index contributed by atoms with van der Waals surface area (Å²) in [6, 6.07) is 4.69. The number of hydrogen-bond acceptors (Lipinski definition) is 4. The van der Waals surface area contributed by atoms with Crippen LogP contribution in [0.5, 0.6) is 11.5 Å². The van der Waals surface area contributed by atoms with Crippen molar-refractivity contribution < 1.29 is 14.6 Å². The second-order valence-electron chi connectivity index (χ2n) is 4.77. The van der Waals surface area contributed by atoms with Gasteiger partial charge in [-0.2, -0.15) is 0 Å². The van der Waals surface area contributed by atoms with E-state index in [4.69, 9.17) is 10.5 Å². The fourth-order valence-electron chi connectivity index (χ4n) is 2.37. The number of amides is 1. The molecule has 0 unspecified atom stereocenters. The van der Waals surface area contributed by atoms with Gasteiger partial charge in [0.25, 0.3) is 5.56 Å². The first kappa shape index (κ1) is 14.7. The lowest BCUT2D eigenvalue weighted by Crippen LogP contribution is -2.20. The fourth-order valence-corrected chi connectivity index (χ4v) is 2.37. The molecule has 0 radical (unpaired) electrons. The number of carbonyl (C=O) groups excluding carboxylic acids is 1. The van der Waals surface area contributed by atoms with Gasteiger partial charge < -0.3 is 20.7 Å². The largest absolute Gasteiger partial charge is 0.504 e. The van der Waals surface area contributed by atoms with Crippen LogP contribution in [0.3, 0.4) is 0 Å². The van der Waals surface area contributed by atoms with Gasteiger partial charge in [0, 0.05) is 23.6 Å². The lowest BCUT2D eigenvalue weighted by Gasteiger charge is -2.16. The van der Waals surface area contributed by atoms with Gasteiger partial charge in [-0.25, -0.2) is 0 Å². The second kappa shape index (κ2) is 5.74. The molecule has 5 N–H and O–H groups in total. The summed E-state index contributed by atoms with van der Waals surface area (Å²) in [5, 5.41) is 14.9. The fraction of sp³-hybridized carbons (Fsp3) is 0.286. The number of aromatic amines is 2. The molecule has 1 aromatic carbocycles. The van der Waals surface area contributed by atoms with Gasteiger partial charge in [-0.05, 0) is 24.6 Å². The van der Waals surface area contributed by atoms with E-state index in [-0.39, 0.29) is 23.5 Å². The summed E-state index contributed by atoms with van der Waals surface area (Å²) in [6.45, 7) is 1.73. The van der Waals surface area contributed by atoms with E-state index in [0.29, 0.717) is 16.8 Å². The summed E-state index contributed by atoms with van der Waals surface area (Å²) in [5.41, 5.74) is 6.74. The van der Waals surface area contributed by atoms with Crippen LogP contribution in [0, 0.1) is 6.92 Å². The second-order valence-corrected chi connectivity index (χ2v) is 4.77. The SMILES string of the molecule is COc1cc([C@H](CC(N)=O)c2c(C)[nH][nH]c2=O)ccc1O. The Morgan fingerprint density at radius 1 is 1.43 bits per heavy atom. The predicted octanol–water partition coefficient (Wildman–Crippen LogP) is 0.733. The number of ether oxygens (including phenoxy) is 1. The first-order valence-corrected chi connectivity index (χ1v) is 6.36. The molecular weight excluding hydrogens is 274 g/mol. The molecule has 0 bridgehead atoms. The third-order valence-corrected chi connectivity index (χ3v) is 3.37. The average Bonchev–Trinajstić information content (AvgIpc) is 2.76. The minimum atomic E-state index is -0.521. The van der Waals surface area contributed by atoms with Crippen LogP contribution in [0.25, 0.3) is 0 Å². The highest BCUT2D eigenvalue weighted by molar-refractivity contribution is 5.75. The summed E-state index contributed by atoms with van der Waals surface area (Å²) >= 11 is 0. The van der Waals surface area contributed by atoms with Crippen molar-refractivity contribution in [1.29, 1.82) is 0 Å². The van der Waals surface area contributed by atoms with E-state index in [0.717, 1.165) is 0 Å². The molecule has 7 nitrogen and oxygen atoms in total. The first-order chi connectivity index (χ1) is 9.93. The molecule has 1 heterocycles. The number of methoxy groups -OCH3 is 1. The molecule has 0 saturated heterocycles. The predicted molar refractivity (Wildman–Crippen MR) is 76.5 cm³/mol. The van der Waals surface area contributed by atoms with E-state index in [9.17, 15) is 14.7 Å². The van der Waals surface area contributed by atoms with Gasteiger partial charge in [-0.15, -0.1) is 0 Å². The molecule has 0 aliphatic carbocycles. The number of nitrogens with two attached hydrogens (primary N) is 1. The van der Waals surface area contributed by atoms with Gasteiger partial charge in [-0.3, -0.25) is 14.7 Å². The van der Waals surface area contributed by atoms with E-state index in [1.807, 2.05) is 0 Å². The zero-order chi connectivity index (χ0) is 15.6. The Kier molecular flexibility index (Phi) is 4.02. The highest BCUT2D eigenvalue weighted by Crippen LogP contribution is 2.33. The van der Waals surface area contributed by atoms with Crippen LogP contribution in [0.1, 0.15) is 29.2 Å². The molecule has 0 aliphatic heterocycles. The summed E-state index contributed by atoms with van der Waals surface area (Å²) < 4.78 is 5.06. The molecule has 7 heteroatoms. The summed E-state index contributed by atoms with van der Waals surface area (Å²) in [6.07, 6.45) is -0.0182. The van der Waals surface area contributed by atoms with Crippen LogP contribution in [-0.2, 0) is 4.79 Å². The molecule has 1 aromatic heterocycles. The lowest BCUT2D eigenvalue weighted by atomic mass is 9.88. The van der Waals surface area contributed by atoms with Gasteiger partial charge in [0.2, 0.25) is 5.91 Å². The number of carbonyl (C=O) groups is 1. The van der Waals surface area contributed by atoms with Crippen LogP contribution >= 0.6 is 0 Å². The molecule has 0 aliphatic rings. The number of phenols is 1. The lowest BCUT2D eigenvalue weighted by molar-refractivity contribution is -0.118. The number of aromatic nitrogens is 2. The van der Waals surface area contributed by atoms with Crippen LogP contribution in [0.2, 0.25) is 0 Å². The number of primary amides is 1. The van der Waals surface area contributed by atoms with Crippen LogP contribution in [0.4, 0.5) is 0 Å². The normalized spacial score (nSPS) is 12.1. The van der Waals surface area contributed by atoms with Crippen LogP contribution in [-0.4, -0.2) is 28.3 Å². The molecule has 0 fully saturated rings. The maximum absolute atomic E-state index is 11.9. The number of phenolic OH excluding ortho intramolecular Hbond substituents is 1. The minimum absolute atomic E-state index is 0.0150. The number of aryl methyl sites for hydroxylation is 1. The smallest absolute Gasteiger partial charge is 0.267 e. The van der Waals surface area contributed by atoms with Crippen molar-refractivity contribution >= 4 is 5.91 Å². The molecular formula is C14H17N3O4. The third-order valence-electron chi connectivity index (χ3n) is 3.37. The van der Waals surface area contributed by atoms with E-state index in [1.165, 1.54) is 13.2 Å². The number of rotatable bonds is 5. The summed E-state index contributed by atoms with van der Waals surface area (Å²) in [4.78, 5) is 23.3. The standard InChI is InChI=1S/C14H17N3O4/c1-7-13(14(20)17-16-7)9(6-12(15)19)8-3-4-10(18)11(5-8)21-2/h3-5,9,18H,6H2,1-2H3,(H2,15,19)(H2,16,17,20)/t9-/m0/s1. The molecule has 112 valence electrons. The highest BCUT2D eigenvalue weighted by Gasteiger charge is 2.24. The van der Waals surface area contributed by atoms with Gasteiger partial charge in [0.1, 0.15) is 0 Å². The van der Waals surface area contributed by atoms with Crippen LogP contribution in [0.15, 0.2) is 23.0 Å². The molecule has 2 aromatic rings. The zero-order valence-corrected chi connectivity index (χ0v) is 11.8. The molecule has 1 amide bonds. The summed E-state index contributed by atoms with van der Waals surface area (Å²) in [7, 11) is 1.43. The van der Waals surface area contributed by atoms with Crippen molar-refractivity contribution in [3.63, 3.8) is 0 Å². The van der Waals surface area contributed by atoms with E-state index in [1.54, 1.807) is 19.1 Å². The van der Waals surface area contributed by atoms with Crippen molar-refractivity contribution in [2.75, 3.05) is 7.11 Å². The highest BCUT2D eigenvalue weighted by atomic mass is 16.5. The van der Waals surface area contributed by atoms with Crippen molar-refractivity contribution in [3.05, 3.63) is 45.4 Å². The Labute approximate surface area is 120 Å². The van der Waals surface area contributed by atoms with Crippen molar-refractivity contribution in [2.24, 2.45) is 5.73 Å². The molecule has 2 rings (SSSR count). The molecule has 21 heavy (non-hydrogen) atoms. The Balaban J connectivity index is 2.56. The Morgan fingerprint density at radius 3 is 2.67 bits per heavy atom. The number of benzene rings is 1. The van der Waals surface area contributed by atoms with Gasteiger partial charge >= 0.3 is 0 Å². The zero-order valence-electron chi connectivity index (χ0n) is 11.8. The topological polar surface area (TPSA) is 121 Å². The van der Waals surface area contributed by atoms with Crippen molar-refractivity contribution in [1.82, 2.24) is 10.2 Å². The maximum Gasteiger partial charge on any atom is 0.267 e. The van der Waals surface area contributed by atoms with Gasteiger partial charge in [0.15, 0.2) is 11.5 Å². The Hall–Kier alpha value is -2.70. The van der Waals surface area contributed by atoms with E-state index in [2.05, 4.69) is 10.2 Å². The molecule has 0 saturated carbocycles. The number of aromatic hydroxyl groups is 1. The first-order valence-electron chi connectivity index (χ1n) is 6.36. The monoisotopic (exact) mass is 291 g/mol.